The molecule has 38 heavy (non-hydrogen) atoms. The maximum absolute atomic E-state index is 14.1. The highest BCUT2D eigenvalue weighted by Crippen LogP contribution is 2.61. The second-order valence-corrected chi connectivity index (χ2v) is 10.2. The second-order valence-electron chi connectivity index (χ2n) is 10.2. The van der Waals surface area contributed by atoms with Gasteiger partial charge in [0.25, 0.3) is 0 Å². The van der Waals surface area contributed by atoms with Gasteiger partial charge in [-0.05, 0) is 41.3 Å². The van der Waals surface area contributed by atoms with Crippen molar-refractivity contribution in [3.8, 4) is 5.75 Å². The van der Waals surface area contributed by atoms with E-state index in [1.54, 1.807) is 43.3 Å². The van der Waals surface area contributed by atoms with Gasteiger partial charge in [0.2, 0.25) is 17.6 Å². The Morgan fingerprint density at radius 2 is 1.11 bits per heavy atom. The lowest BCUT2D eigenvalue weighted by molar-refractivity contribution is -0.122. The first-order valence-electron chi connectivity index (χ1n) is 13.0. The van der Waals surface area contributed by atoms with Crippen LogP contribution in [0.25, 0.3) is 0 Å². The van der Waals surface area contributed by atoms with Crippen molar-refractivity contribution in [3.05, 3.63) is 131 Å². The molecule has 4 aliphatic rings. The Balaban J connectivity index is 1.28. The van der Waals surface area contributed by atoms with Gasteiger partial charge in [-0.3, -0.25) is 14.4 Å². The molecule has 0 saturated carbocycles. The number of hydrogen-bond acceptors (Lipinski definition) is 4. The van der Waals surface area contributed by atoms with Crippen LogP contribution in [-0.4, -0.2) is 23.7 Å². The predicted octanol–water partition coefficient (Wildman–Crippen LogP) is 5.73. The highest BCUT2D eigenvalue weighted by Gasteiger charge is 2.62. The molecule has 1 aliphatic heterocycles. The molecule has 1 heterocycles. The van der Waals surface area contributed by atoms with Crippen LogP contribution < -0.4 is 9.64 Å². The number of hydrogen-bond donors (Lipinski definition) is 0. The molecule has 4 aromatic carbocycles. The first kappa shape index (κ1) is 22.7. The van der Waals surface area contributed by atoms with E-state index < -0.39 is 17.9 Å². The number of carbonyl (C=O) groups is 3. The number of anilines is 1. The fraction of sp³-hybridized carbons (Fsp3) is 0.182. The molecule has 3 aliphatic carbocycles. The van der Waals surface area contributed by atoms with Crippen molar-refractivity contribution in [3.63, 3.8) is 0 Å². The summed E-state index contributed by atoms with van der Waals surface area (Å²) in [6.45, 7) is 1.69. The predicted molar refractivity (Wildman–Crippen MR) is 143 cm³/mol. The van der Waals surface area contributed by atoms with Gasteiger partial charge in [0.05, 0.1) is 17.5 Å². The van der Waals surface area contributed by atoms with Crippen molar-refractivity contribution in [2.24, 2.45) is 11.8 Å². The molecule has 186 valence electrons. The van der Waals surface area contributed by atoms with Crippen molar-refractivity contribution < 1.29 is 19.1 Å². The zero-order valence-electron chi connectivity index (χ0n) is 20.8. The summed E-state index contributed by atoms with van der Waals surface area (Å²) in [6.07, 6.45) is -0.793. The van der Waals surface area contributed by atoms with Crippen LogP contribution in [-0.2, 0) is 9.59 Å². The Kier molecular flexibility index (Phi) is 5.08. The van der Waals surface area contributed by atoms with Crippen molar-refractivity contribution in [1.82, 2.24) is 0 Å². The molecule has 5 nitrogen and oxygen atoms in total. The van der Waals surface area contributed by atoms with Crippen molar-refractivity contribution >= 4 is 23.3 Å². The maximum Gasteiger partial charge on any atom is 0.238 e. The number of benzene rings is 4. The van der Waals surface area contributed by atoms with E-state index in [2.05, 4.69) is 24.3 Å². The van der Waals surface area contributed by atoms with Gasteiger partial charge in [-0.15, -0.1) is 0 Å². The lowest BCUT2D eigenvalue weighted by atomic mass is 9.55. The topological polar surface area (TPSA) is 63.7 Å². The van der Waals surface area contributed by atoms with Crippen LogP contribution >= 0.6 is 0 Å². The number of amides is 2. The molecule has 4 aromatic rings. The van der Waals surface area contributed by atoms with Crippen LogP contribution in [0, 0.1) is 11.8 Å². The summed E-state index contributed by atoms with van der Waals surface area (Å²) < 4.78 is 6.12. The van der Waals surface area contributed by atoms with Crippen LogP contribution in [0.15, 0.2) is 103 Å². The first-order chi connectivity index (χ1) is 18.6. The SMILES string of the molecule is C[C@@H](Oc1ccccc1N1C(=O)[C@@H]2C3c4ccccc4C(c4ccccc43)[C@@H]2C1=O)C(=O)c1ccccc1. The molecule has 2 bridgehead atoms. The third kappa shape index (κ3) is 3.14. The first-order valence-corrected chi connectivity index (χ1v) is 13.0. The molecule has 0 radical (unpaired) electrons. The largest absolute Gasteiger partial charge is 0.480 e. The molecule has 0 N–H and O–H groups in total. The molecule has 2 amide bonds. The standard InChI is InChI=1S/C33H25NO4/c1-19(31(35)20-11-3-2-4-12-20)38-26-18-10-9-17-25(26)34-32(36)29-27-21-13-5-6-14-22(21)28(30(29)33(34)37)24-16-8-7-15-23(24)27/h2-19,27-30H,1H3/t19-,27?,28?,29-,30+/m1/s1. The Morgan fingerprint density at radius 1 is 0.658 bits per heavy atom. The van der Waals surface area contributed by atoms with Gasteiger partial charge < -0.3 is 4.74 Å². The van der Waals surface area contributed by atoms with E-state index in [4.69, 9.17) is 4.74 Å². The molecule has 8 rings (SSSR count). The van der Waals surface area contributed by atoms with Crippen LogP contribution in [0.4, 0.5) is 5.69 Å². The van der Waals surface area contributed by atoms with Gasteiger partial charge in [-0.1, -0.05) is 91.0 Å². The van der Waals surface area contributed by atoms with E-state index in [1.165, 1.54) is 4.90 Å². The fourth-order valence-corrected chi connectivity index (χ4v) is 6.74. The van der Waals surface area contributed by atoms with Crippen LogP contribution in [0.5, 0.6) is 5.75 Å². The van der Waals surface area contributed by atoms with Gasteiger partial charge in [-0.25, -0.2) is 4.90 Å². The molecule has 0 spiro atoms. The zero-order chi connectivity index (χ0) is 26.0. The molecular weight excluding hydrogens is 474 g/mol. The van der Waals surface area contributed by atoms with Gasteiger partial charge in [-0.2, -0.15) is 0 Å². The monoisotopic (exact) mass is 499 g/mol. The summed E-state index contributed by atoms with van der Waals surface area (Å²) in [4.78, 5) is 42.6. The summed E-state index contributed by atoms with van der Waals surface area (Å²) in [5.41, 5.74) is 5.46. The minimum atomic E-state index is -0.793. The van der Waals surface area contributed by atoms with E-state index in [0.29, 0.717) is 17.0 Å². The molecule has 1 saturated heterocycles. The number of ketones is 1. The van der Waals surface area contributed by atoms with Crippen molar-refractivity contribution in [1.29, 1.82) is 0 Å². The fourth-order valence-electron chi connectivity index (χ4n) is 6.74. The zero-order valence-corrected chi connectivity index (χ0v) is 20.8. The minimum Gasteiger partial charge on any atom is -0.480 e. The lowest BCUT2D eigenvalue weighted by Gasteiger charge is -2.45. The number of rotatable bonds is 5. The van der Waals surface area contributed by atoms with E-state index >= 15 is 0 Å². The third-order valence-electron chi connectivity index (χ3n) is 8.29. The average Bonchev–Trinajstić information content (AvgIpc) is 3.23. The maximum atomic E-state index is 14.1. The quantitative estimate of drug-likeness (QED) is 0.260. The number of ether oxygens (including phenoxy) is 1. The third-order valence-corrected chi connectivity index (χ3v) is 8.29. The Hall–Kier alpha value is -4.51. The molecule has 0 aromatic heterocycles. The highest BCUT2D eigenvalue weighted by molar-refractivity contribution is 6.24. The number of imide groups is 1. The minimum absolute atomic E-state index is 0.169. The summed E-state index contributed by atoms with van der Waals surface area (Å²) >= 11 is 0. The van der Waals surface area contributed by atoms with Crippen LogP contribution in [0.3, 0.4) is 0 Å². The van der Waals surface area contributed by atoms with Gasteiger partial charge in [0.15, 0.2) is 6.10 Å². The molecule has 1 fully saturated rings. The second kappa shape index (κ2) is 8.52. The summed E-state index contributed by atoms with van der Waals surface area (Å²) in [5.74, 6) is -1.56. The Bertz CT molecular complexity index is 1490. The van der Waals surface area contributed by atoms with E-state index in [-0.39, 0.29) is 29.4 Å². The van der Waals surface area contributed by atoms with Gasteiger partial charge in [0, 0.05) is 17.4 Å². The number of carbonyl (C=O) groups excluding carboxylic acids is 3. The van der Waals surface area contributed by atoms with E-state index in [9.17, 15) is 14.4 Å². The average molecular weight is 500 g/mol. The summed E-state index contributed by atoms with van der Waals surface area (Å²) in [7, 11) is 0. The smallest absolute Gasteiger partial charge is 0.238 e. The normalized spacial score (nSPS) is 23.4. The molecule has 0 unspecified atom stereocenters. The number of Topliss-reactive ketones (excluding diaryl/α,β-unsaturated/α-hetero) is 1. The molecule has 5 heteroatoms. The number of para-hydroxylation sites is 2. The van der Waals surface area contributed by atoms with E-state index in [1.807, 2.05) is 42.5 Å². The summed E-state index contributed by atoms with van der Waals surface area (Å²) in [6, 6.07) is 32.3. The lowest BCUT2D eigenvalue weighted by Crippen LogP contribution is -2.41. The Labute approximate surface area is 220 Å². The van der Waals surface area contributed by atoms with E-state index in [0.717, 1.165) is 22.3 Å². The molecule has 3 atom stereocenters. The van der Waals surface area contributed by atoms with Crippen LogP contribution in [0.2, 0.25) is 0 Å². The van der Waals surface area contributed by atoms with Crippen molar-refractivity contribution in [2.75, 3.05) is 4.90 Å². The van der Waals surface area contributed by atoms with Crippen molar-refractivity contribution in [2.45, 2.75) is 24.9 Å². The van der Waals surface area contributed by atoms with Crippen LogP contribution in [0.1, 0.15) is 51.4 Å². The van der Waals surface area contributed by atoms with Gasteiger partial charge >= 0.3 is 0 Å². The summed E-state index contributed by atoms with van der Waals surface area (Å²) in [5, 5.41) is 0. The van der Waals surface area contributed by atoms with Gasteiger partial charge in [0.1, 0.15) is 5.75 Å². The highest BCUT2D eigenvalue weighted by atomic mass is 16.5. The number of nitrogens with zero attached hydrogens (tertiary/aromatic N) is 1. The molecular formula is C33H25NO4. The Morgan fingerprint density at radius 3 is 1.63 bits per heavy atom.